The second-order valence-corrected chi connectivity index (χ2v) is 8.56. The molecule has 0 radical (unpaired) electrons. The summed E-state index contributed by atoms with van der Waals surface area (Å²) in [5.41, 5.74) is 3.68. The van der Waals surface area contributed by atoms with Crippen LogP contribution >= 0.6 is 11.3 Å². The summed E-state index contributed by atoms with van der Waals surface area (Å²) >= 11 is 1.51. The van der Waals surface area contributed by atoms with Gasteiger partial charge in [-0.15, -0.1) is 11.3 Å². The third kappa shape index (κ3) is 4.00. The molecule has 0 bridgehead atoms. The molecule has 0 fully saturated rings. The maximum atomic E-state index is 11.6. The Kier molecular flexibility index (Phi) is 4.98. The highest BCUT2D eigenvalue weighted by molar-refractivity contribution is 7.89. The highest BCUT2D eigenvalue weighted by atomic mass is 32.2. The summed E-state index contributed by atoms with van der Waals surface area (Å²) in [5.74, 6) is 0.165. The van der Waals surface area contributed by atoms with E-state index in [4.69, 9.17) is 0 Å². The number of nitrogens with zero attached hydrogens (tertiary/aromatic N) is 1. The molecule has 6 nitrogen and oxygen atoms in total. The number of aromatic nitrogens is 1. The van der Waals surface area contributed by atoms with E-state index in [9.17, 15) is 13.2 Å². The molecule has 2 heterocycles. The van der Waals surface area contributed by atoms with Gasteiger partial charge in [-0.2, -0.15) is 0 Å². The molecule has 1 aliphatic rings. The van der Waals surface area contributed by atoms with Gasteiger partial charge < -0.3 is 5.32 Å². The molecule has 2 N–H and O–H groups in total. The highest BCUT2D eigenvalue weighted by Gasteiger charge is 2.18. The van der Waals surface area contributed by atoms with Crippen LogP contribution in [0.5, 0.6) is 0 Å². The molecule has 24 heavy (non-hydrogen) atoms. The van der Waals surface area contributed by atoms with Gasteiger partial charge in [0.15, 0.2) is 0 Å². The average Bonchev–Trinajstić information content (AvgIpc) is 3.11. The number of sulfonamides is 1. The lowest BCUT2D eigenvalue weighted by Crippen LogP contribution is -2.28. The molecule has 128 valence electrons. The molecular weight excluding hydrogens is 346 g/mol. The van der Waals surface area contributed by atoms with Crippen LogP contribution < -0.4 is 10.0 Å². The van der Waals surface area contributed by atoms with E-state index < -0.39 is 10.0 Å². The van der Waals surface area contributed by atoms with Crippen LogP contribution in [0, 0.1) is 0 Å². The Bertz CT molecular complexity index is 859. The van der Waals surface area contributed by atoms with Crippen molar-refractivity contribution in [2.24, 2.45) is 0 Å². The number of carbonyl (C=O) groups excluding carboxylic acids is 1. The van der Waals surface area contributed by atoms with E-state index in [0.29, 0.717) is 25.8 Å². The van der Waals surface area contributed by atoms with Crippen molar-refractivity contribution in [1.82, 2.24) is 9.71 Å². The molecule has 1 aromatic carbocycles. The molecule has 3 rings (SSSR count). The van der Waals surface area contributed by atoms with Crippen LogP contribution in [0.4, 0.5) is 5.69 Å². The number of rotatable bonds is 7. The zero-order valence-electron chi connectivity index (χ0n) is 13.3. The number of hydrogen-bond acceptors (Lipinski definition) is 5. The van der Waals surface area contributed by atoms with Crippen molar-refractivity contribution in [1.29, 1.82) is 0 Å². The lowest BCUT2D eigenvalue weighted by atomic mass is 10.1. The van der Waals surface area contributed by atoms with Crippen molar-refractivity contribution in [3.05, 3.63) is 34.2 Å². The molecule has 0 atom stereocenters. The minimum atomic E-state index is -3.17. The molecule has 1 amide bonds. The fourth-order valence-electron chi connectivity index (χ4n) is 2.60. The van der Waals surface area contributed by atoms with Gasteiger partial charge in [-0.1, -0.05) is 13.0 Å². The number of benzene rings is 1. The standard InChI is InChI=1S/C16H19N3O3S2/c1-2-7-24(21,22)17-6-5-16-19-14(10-23-16)11-3-4-13-12(8-11)9-15(20)18-13/h3-4,8,10,17H,2,5-7,9H2,1H3,(H,18,20). The van der Waals surface area contributed by atoms with Gasteiger partial charge in [0.1, 0.15) is 0 Å². The summed E-state index contributed by atoms with van der Waals surface area (Å²) in [7, 11) is -3.17. The SMILES string of the molecule is CCCS(=O)(=O)NCCc1nc(-c2ccc3c(c2)CC(=O)N3)cs1. The maximum absolute atomic E-state index is 11.6. The minimum absolute atomic E-state index is 0.0143. The first kappa shape index (κ1) is 17.1. The predicted molar refractivity (Wildman–Crippen MR) is 95.7 cm³/mol. The van der Waals surface area contributed by atoms with E-state index in [2.05, 4.69) is 15.0 Å². The molecule has 0 saturated carbocycles. The Hall–Kier alpha value is -1.77. The summed E-state index contributed by atoms with van der Waals surface area (Å²) in [5, 5.41) is 5.66. The Morgan fingerprint density at radius 1 is 1.38 bits per heavy atom. The zero-order valence-corrected chi connectivity index (χ0v) is 15.0. The van der Waals surface area contributed by atoms with Crippen LogP contribution in [-0.4, -0.2) is 31.6 Å². The maximum Gasteiger partial charge on any atom is 0.228 e. The van der Waals surface area contributed by atoms with Crippen LogP contribution in [0.2, 0.25) is 0 Å². The van der Waals surface area contributed by atoms with Gasteiger partial charge in [0, 0.05) is 29.6 Å². The number of nitrogens with one attached hydrogen (secondary N) is 2. The number of carbonyl (C=O) groups is 1. The summed E-state index contributed by atoms with van der Waals surface area (Å²) in [6, 6.07) is 5.82. The number of anilines is 1. The first-order chi connectivity index (χ1) is 11.5. The Morgan fingerprint density at radius 2 is 2.21 bits per heavy atom. The summed E-state index contributed by atoms with van der Waals surface area (Å²) < 4.78 is 25.8. The van der Waals surface area contributed by atoms with Crippen LogP contribution in [0.1, 0.15) is 23.9 Å². The fourth-order valence-corrected chi connectivity index (χ4v) is 4.50. The van der Waals surface area contributed by atoms with E-state index in [0.717, 1.165) is 27.5 Å². The van der Waals surface area contributed by atoms with Gasteiger partial charge in [0.05, 0.1) is 22.9 Å². The van der Waals surface area contributed by atoms with Gasteiger partial charge in [-0.05, 0) is 24.1 Å². The number of thiazole rings is 1. The molecule has 2 aromatic rings. The van der Waals surface area contributed by atoms with Crippen molar-refractivity contribution in [2.75, 3.05) is 17.6 Å². The molecule has 1 aliphatic heterocycles. The summed E-state index contributed by atoms with van der Waals surface area (Å²) in [6.45, 7) is 2.20. The first-order valence-electron chi connectivity index (χ1n) is 7.82. The predicted octanol–water partition coefficient (Wildman–Crippen LogP) is 2.18. The lowest BCUT2D eigenvalue weighted by Gasteiger charge is -2.03. The summed E-state index contributed by atoms with van der Waals surface area (Å²) in [4.78, 5) is 16.0. The van der Waals surface area contributed by atoms with Gasteiger partial charge in [0.2, 0.25) is 15.9 Å². The van der Waals surface area contributed by atoms with E-state index in [1.54, 1.807) is 0 Å². The second-order valence-electron chi connectivity index (χ2n) is 5.69. The van der Waals surface area contributed by atoms with Crippen molar-refractivity contribution in [3.8, 4) is 11.3 Å². The summed E-state index contributed by atoms with van der Waals surface area (Å²) in [6.07, 6.45) is 1.57. The number of amides is 1. The van der Waals surface area contributed by atoms with Crippen LogP contribution in [0.15, 0.2) is 23.6 Å². The molecule has 8 heteroatoms. The van der Waals surface area contributed by atoms with Crippen LogP contribution in [0.25, 0.3) is 11.3 Å². The van der Waals surface area contributed by atoms with Crippen LogP contribution in [-0.2, 0) is 27.7 Å². The molecule has 0 unspecified atom stereocenters. The van der Waals surface area contributed by atoms with Gasteiger partial charge >= 0.3 is 0 Å². The van der Waals surface area contributed by atoms with E-state index in [-0.39, 0.29) is 11.7 Å². The van der Waals surface area contributed by atoms with Crippen molar-refractivity contribution >= 4 is 33.0 Å². The fraction of sp³-hybridized carbons (Fsp3) is 0.375. The highest BCUT2D eigenvalue weighted by Crippen LogP contribution is 2.29. The normalized spacial score (nSPS) is 13.8. The smallest absolute Gasteiger partial charge is 0.228 e. The number of fused-ring (bicyclic) bond motifs is 1. The van der Waals surface area contributed by atoms with E-state index in [1.165, 1.54) is 11.3 Å². The molecule has 0 spiro atoms. The third-order valence-corrected chi connectivity index (χ3v) is 6.21. The lowest BCUT2D eigenvalue weighted by molar-refractivity contribution is -0.115. The average molecular weight is 365 g/mol. The minimum Gasteiger partial charge on any atom is -0.326 e. The van der Waals surface area contributed by atoms with Gasteiger partial charge in [-0.3, -0.25) is 4.79 Å². The first-order valence-corrected chi connectivity index (χ1v) is 10.3. The second kappa shape index (κ2) is 7.00. The Balaban J connectivity index is 1.64. The Morgan fingerprint density at radius 3 is 3.00 bits per heavy atom. The molecular formula is C16H19N3O3S2. The van der Waals surface area contributed by atoms with E-state index >= 15 is 0 Å². The third-order valence-electron chi connectivity index (χ3n) is 3.71. The quantitative estimate of drug-likeness (QED) is 0.787. The van der Waals surface area contributed by atoms with Crippen molar-refractivity contribution in [3.63, 3.8) is 0 Å². The van der Waals surface area contributed by atoms with Crippen molar-refractivity contribution < 1.29 is 13.2 Å². The molecule has 1 aromatic heterocycles. The van der Waals surface area contributed by atoms with Crippen molar-refractivity contribution in [2.45, 2.75) is 26.2 Å². The van der Waals surface area contributed by atoms with E-state index in [1.807, 2.05) is 30.5 Å². The monoisotopic (exact) mass is 365 g/mol. The van der Waals surface area contributed by atoms with Gasteiger partial charge in [-0.25, -0.2) is 18.1 Å². The zero-order chi connectivity index (χ0) is 17.2. The Labute approximate surface area is 145 Å². The number of hydrogen-bond donors (Lipinski definition) is 2. The van der Waals surface area contributed by atoms with Gasteiger partial charge in [0.25, 0.3) is 0 Å². The molecule has 0 saturated heterocycles. The molecule has 0 aliphatic carbocycles. The van der Waals surface area contributed by atoms with Crippen LogP contribution in [0.3, 0.4) is 0 Å². The topological polar surface area (TPSA) is 88.2 Å². The largest absolute Gasteiger partial charge is 0.326 e.